The van der Waals surface area contributed by atoms with Gasteiger partial charge in [0.15, 0.2) is 5.11 Å². The molecule has 0 saturated heterocycles. The molecule has 2 nitrogen and oxygen atoms in total. The monoisotopic (exact) mass is 302 g/mol. The molecular formula is C17H19FN2S. The van der Waals surface area contributed by atoms with Crippen molar-refractivity contribution in [3.05, 3.63) is 71.5 Å². The lowest BCUT2D eigenvalue weighted by molar-refractivity contribution is 0.615. The molecule has 0 radical (unpaired) electrons. The minimum Gasteiger partial charge on any atom is -0.359 e. The highest BCUT2D eigenvalue weighted by Gasteiger charge is 2.09. The second kappa shape index (κ2) is 7.74. The Balaban J connectivity index is 1.87. The molecule has 2 aromatic rings. The first-order valence-corrected chi connectivity index (χ1v) is 7.43. The maximum atomic E-state index is 12.8. The molecule has 2 N–H and O–H groups in total. The van der Waals surface area contributed by atoms with Gasteiger partial charge in [-0.3, -0.25) is 0 Å². The predicted molar refractivity (Wildman–Crippen MR) is 88.4 cm³/mol. The Morgan fingerprint density at radius 1 is 1.10 bits per heavy atom. The first kappa shape index (κ1) is 15.4. The van der Waals surface area contributed by atoms with Gasteiger partial charge in [-0.05, 0) is 41.9 Å². The molecule has 0 heterocycles. The smallest absolute Gasteiger partial charge is 0.167 e. The van der Waals surface area contributed by atoms with Crippen LogP contribution in [0, 0.1) is 5.82 Å². The van der Waals surface area contributed by atoms with E-state index < -0.39 is 0 Å². The fourth-order valence-corrected chi connectivity index (χ4v) is 2.31. The van der Waals surface area contributed by atoms with Crippen molar-refractivity contribution < 1.29 is 4.39 Å². The van der Waals surface area contributed by atoms with E-state index in [9.17, 15) is 4.39 Å². The second-order valence-electron chi connectivity index (χ2n) is 4.82. The van der Waals surface area contributed by atoms with E-state index in [0.717, 1.165) is 12.0 Å². The van der Waals surface area contributed by atoms with E-state index in [4.69, 9.17) is 12.2 Å². The highest BCUT2D eigenvalue weighted by molar-refractivity contribution is 7.80. The Bertz CT molecular complexity index is 569. The van der Waals surface area contributed by atoms with Crippen molar-refractivity contribution >= 4 is 17.3 Å². The van der Waals surface area contributed by atoms with Gasteiger partial charge in [-0.25, -0.2) is 4.39 Å². The highest BCUT2D eigenvalue weighted by atomic mass is 32.1. The molecule has 0 aromatic heterocycles. The molecule has 2 rings (SSSR count). The fraction of sp³-hybridized carbons (Fsp3) is 0.235. The molecule has 0 fully saturated rings. The summed E-state index contributed by atoms with van der Waals surface area (Å²) in [5.74, 6) is -0.227. The van der Waals surface area contributed by atoms with Crippen LogP contribution in [0.25, 0.3) is 0 Å². The van der Waals surface area contributed by atoms with Crippen LogP contribution in [0.2, 0.25) is 0 Å². The predicted octanol–water partition coefficient (Wildman–Crippen LogP) is 3.94. The minimum absolute atomic E-state index is 0.194. The molecule has 0 unspecified atom stereocenters. The summed E-state index contributed by atoms with van der Waals surface area (Å²) in [6, 6.07) is 16.8. The number of hydrogen-bond donors (Lipinski definition) is 2. The van der Waals surface area contributed by atoms with Crippen LogP contribution in [-0.2, 0) is 6.54 Å². The maximum absolute atomic E-state index is 12.8. The average Bonchev–Trinajstić information content (AvgIpc) is 2.53. The van der Waals surface area contributed by atoms with Crippen molar-refractivity contribution in [3.8, 4) is 0 Å². The van der Waals surface area contributed by atoms with Gasteiger partial charge in [-0.2, -0.15) is 0 Å². The Morgan fingerprint density at radius 2 is 1.76 bits per heavy atom. The summed E-state index contributed by atoms with van der Waals surface area (Å²) in [4.78, 5) is 0. The van der Waals surface area contributed by atoms with Gasteiger partial charge in [0.25, 0.3) is 0 Å². The van der Waals surface area contributed by atoms with Crippen LogP contribution < -0.4 is 10.6 Å². The molecule has 1 atom stereocenters. The molecule has 0 saturated carbocycles. The van der Waals surface area contributed by atoms with Crippen molar-refractivity contribution in [2.75, 3.05) is 0 Å². The van der Waals surface area contributed by atoms with Crippen LogP contribution in [0.5, 0.6) is 0 Å². The third kappa shape index (κ3) is 4.83. The van der Waals surface area contributed by atoms with Crippen LogP contribution in [-0.4, -0.2) is 5.11 Å². The molecule has 2 aromatic carbocycles. The van der Waals surface area contributed by atoms with Gasteiger partial charge in [0, 0.05) is 6.54 Å². The first-order chi connectivity index (χ1) is 10.2. The standard InChI is InChI=1S/C17H19FN2S/c1-2-16(14-6-4-3-5-7-14)20-17(21)19-12-13-8-10-15(18)11-9-13/h3-11,16H,2,12H2,1H3,(H2,19,20,21)/t16-/m0/s1. The third-order valence-electron chi connectivity index (χ3n) is 3.28. The van der Waals surface area contributed by atoms with Crippen LogP contribution in [0.1, 0.15) is 30.5 Å². The number of halogens is 1. The van der Waals surface area contributed by atoms with Crippen LogP contribution in [0.4, 0.5) is 4.39 Å². The van der Waals surface area contributed by atoms with Gasteiger partial charge in [0.1, 0.15) is 5.82 Å². The Hall–Kier alpha value is -1.94. The maximum Gasteiger partial charge on any atom is 0.167 e. The molecular weight excluding hydrogens is 283 g/mol. The largest absolute Gasteiger partial charge is 0.359 e. The molecule has 0 spiro atoms. The molecule has 4 heteroatoms. The lowest BCUT2D eigenvalue weighted by Gasteiger charge is -2.20. The van der Waals surface area contributed by atoms with Crippen LogP contribution >= 0.6 is 12.2 Å². The first-order valence-electron chi connectivity index (χ1n) is 7.02. The zero-order valence-corrected chi connectivity index (χ0v) is 12.8. The Morgan fingerprint density at radius 3 is 2.38 bits per heavy atom. The normalized spacial score (nSPS) is 11.7. The number of nitrogens with one attached hydrogen (secondary N) is 2. The van der Waals surface area contributed by atoms with E-state index in [0.29, 0.717) is 11.7 Å². The van der Waals surface area contributed by atoms with E-state index in [-0.39, 0.29) is 11.9 Å². The van der Waals surface area contributed by atoms with Gasteiger partial charge in [0.05, 0.1) is 6.04 Å². The quantitative estimate of drug-likeness (QED) is 0.818. The molecule has 0 amide bonds. The summed E-state index contributed by atoms with van der Waals surface area (Å²) in [5, 5.41) is 7.07. The van der Waals surface area contributed by atoms with Crippen molar-refractivity contribution in [2.24, 2.45) is 0 Å². The van der Waals surface area contributed by atoms with E-state index in [1.54, 1.807) is 12.1 Å². The van der Waals surface area contributed by atoms with Crippen LogP contribution in [0.3, 0.4) is 0 Å². The van der Waals surface area contributed by atoms with Crippen molar-refractivity contribution in [3.63, 3.8) is 0 Å². The minimum atomic E-state index is -0.227. The van der Waals surface area contributed by atoms with Crippen molar-refractivity contribution in [2.45, 2.75) is 25.9 Å². The van der Waals surface area contributed by atoms with Gasteiger partial charge >= 0.3 is 0 Å². The number of benzene rings is 2. The second-order valence-corrected chi connectivity index (χ2v) is 5.23. The number of hydrogen-bond acceptors (Lipinski definition) is 1. The average molecular weight is 302 g/mol. The molecule has 110 valence electrons. The molecule has 0 aliphatic carbocycles. The lowest BCUT2D eigenvalue weighted by Crippen LogP contribution is -2.37. The topological polar surface area (TPSA) is 24.1 Å². The zero-order valence-electron chi connectivity index (χ0n) is 12.0. The van der Waals surface area contributed by atoms with Gasteiger partial charge in [-0.15, -0.1) is 0 Å². The Labute approximate surface area is 130 Å². The summed E-state index contributed by atoms with van der Waals surface area (Å²) in [7, 11) is 0. The summed E-state index contributed by atoms with van der Waals surface area (Å²) in [5.41, 5.74) is 2.21. The molecule has 0 aliphatic heterocycles. The third-order valence-corrected chi connectivity index (χ3v) is 3.54. The highest BCUT2D eigenvalue weighted by Crippen LogP contribution is 2.15. The molecule has 0 bridgehead atoms. The van der Waals surface area contributed by atoms with E-state index >= 15 is 0 Å². The van der Waals surface area contributed by atoms with Crippen molar-refractivity contribution in [1.82, 2.24) is 10.6 Å². The Kier molecular flexibility index (Phi) is 5.69. The SMILES string of the molecule is CC[C@H](NC(=S)NCc1ccc(F)cc1)c1ccccc1. The lowest BCUT2D eigenvalue weighted by atomic mass is 10.1. The van der Waals surface area contributed by atoms with Gasteiger partial charge in [-0.1, -0.05) is 49.4 Å². The molecule has 21 heavy (non-hydrogen) atoms. The summed E-state index contributed by atoms with van der Waals surface area (Å²) < 4.78 is 12.8. The summed E-state index contributed by atoms with van der Waals surface area (Å²) in [6.45, 7) is 2.70. The fourth-order valence-electron chi connectivity index (χ4n) is 2.10. The summed E-state index contributed by atoms with van der Waals surface area (Å²) >= 11 is 5.33. The van der Waals surface area contributed by atoms with Crippen LogP contribution in [0.15, 0.2) is 54.6 Å². The van der Waals surface area contributed by atoms with Gasteiger partial charge < -0.3 is 10.6 Å². The van der Waals surface area contributed by atoms with E-state index in [1.165, 1.54) is 17.7 Å². The van der Waals surface area contributed by atoms with Gasteiger partial charge in [0.2, 0.25) is 0 Å². The zero-order chi connectivity index (χ0) is 15.1. The summed E-state index contributed by atoms with van der Waals surface area (Å²) in [6.07, 6.45) is 0.947. The number of rotatable bonds is 5. The molecule has 0 aliphatic rings. The van der Waals surface area contributed by atoms with E-state index in [2.05, 4.69) is 29.7 Å². The number of thiocarbonyl (C=S) groups is 1. The van der Waals surface area contributed by atoms with E-state index in [1.807, 2.05) is 18.2 Å². The van der Waals surface area contributed by atoms with Crippen molar-refractivity contribution in [1.29, 1.82) is 0 Å².